The maximum Gasteiger partial charge on any atom is 0.271 e. The molecule has 2 aromatic carbocycles. The molecule has 5 nitrogen and oxygen atoms in total. The lowest BCUT2D eigenvalue weighted by molar-refractivity contribution is -0.384. The first kappa shape index (κ1) is 15.3. The van der Waals surface area contributed by atoms with Crippen LogP contribution in [0.1, 0.15) is 26.3 Å². The highest BCUT2D eigenvalue weighted by atomic mass is 16.6. The zero-order valence-electron chi connectivity index (χ0n) is 13.7. The van der Waals surface area contributed by atoms with Crippen molar-refractivity contribution in [2.75, 3.05) is 22.9 Å². The molecule has 3 rings (SSSR count). The molecule has 1 aliphatic heterocycles. The summed E-state index contributed by atoms with van der Waals surface area (Å²) >= 11 is 0. The molecule has 0 saturated carbocycles. The number of hydrogen-bond donors (Lipinski definition) is 0. The van der Waals surface area contributed by atoms with Crippen LogP contribution in [0.4, 0.5) is 17.1 Å². The number of non-ortho nitro benzene ring substituents is 1. The van der Waals surface area contributed by atoms with Gasteiger partial charge in [0.25, 0.3) is 5.69 Å². The Balaban J connectivity index is 2.21. The van der Waals surface area contributed by atoms with Crippen LogP contribution in [0.5, 0.6) is 0 Å². The standard InChI is InChI=1S/C18H21N3O2/c1-4-19-16-12-11-15(21(22)23)13-17(16)20(5-2)18(19,3)14-9-7-6-8-10-14/h6-13H,4-5H2,1-3H3/t18-/m1/s1. The Hall–Kier alpha value is -2.56. The molecule has 0 radical (unpaired) electrons. The summed E-state index contributed by atoms with van der Waals surface area (Å²) in [5, 5.41) is 11.2. The highest BCUT2D eigenvalue weighted by molar-refractivity contribution is 5.82. The second-order valence-electron chi connectivity index (χ2n) is 5.81. The third-order valence-electron chi connectivity index (χ3n) is 4.76. The van der Waals surface area contributed by atoms with Crippen molar-refractivity contribution < 1.29 is 4.92 Å². The van der Waals surface area contributed by atoms with E-state index in [0.717, 1.165) is 24.5 Å². The van der Waals surface area contributed by atoms with Gasteiger partial charge in [-0.25, -0.2) is 0 Å². The van der Waals surface area contributed by atoms with Crippen LogP contribution in [0.2, 0.25) is 0 Å². The molecular formula is C18H21N3O2. The molecule has 0 aliphatic carbocycles. The number of rotatable bonds is 4. The van der Waals surface area contributed by atoms with Crippen LogP contribution in [0, 0.1) is 10.1 Å². The zero-order valence-corrected chi connectivity index (χ0v) is 13.7. The van der Waals surface area contributed by atoms with E-state index in [-0.39, 0.29) is 16.3 Å². The number of nitro groups is 1. The van der Waals surface area contributed by atoms with E-state index in [4.69, 9.17) is 0 Å². The number of nitrogens with zero attached hydrogens (tertiary/aromatic N) is 3. The first-order valence-electron chi connectivity index (χ1n) is 7.93. The lowest BCUT2D eigenvalue weighted by Crippen LogP contribution is -2.52. The van der Waals surface area contributed by atoms with Gasteiger partial charge in [0.2, 0.25) is 0 Å². The van der Waals surface area contributed by atoms with Gasteiger partial charge in [0.15, 0.2) is 0 Å². The summed E-state index contributed by atoms with van der Waals surface area (Å²) in [6.45, 7) is 7.98. The van der Waals surface area contributed by atoms with Crippen molar-refractivity contribution >= 4 is 17.1 Å². The van der Waals surface area contributed by atoms with Crippen LogP contribution >= 0.6 is 0 Å². The quantitative estimate of drug-likeness (QED) is 0.629. The average molecular weight is 311 g/mol. The van der Waals surface area contributed by atoms with Gasteiger partial charge in [-0.05, 0) is 32.4 Å². The zero-order chi connectivity index (χ0) is 16.6. The smallest absolute Gasteiger partial charge is 0.271 e. The third-order valence-corrected chi connectivity index (χ3v) is 4.76. The van der Waals surface area contributed by atoms with Gasteiger partial charge in [0, 0.05) is 25.2 Å². The Morgan fingerprint density at radius 3 is 2.17 bits per heavy atom. The van der Waals surface area contributed by atoms with Crippen molar-refractivity contribution in [2.24, 2.45) is 0 Å². The lowest BCUT2D eigenvalue weighted by Gasteiger charge is -2.43. The van der Waals surface area contributed by atoms with E-state index in [0.29, 0.717) is 0 Å². The summed E-state index contributed by atoms with van der Waals surface area (Å²) < 4.78 is 0. The number of hydrogen-bond acceptors (Lipinski definition) is 4. The normalized spacial score (nSPS) is 19.8. The highest BCUT2D eigenvalue weighted by Gasteiger charge is 2.46. The molecular weight excluding hydrogens is 290 g/mol. The van der Waals surface area contributed by atoms with E-state index < -0.39 is 0 Å². The van der Waals surface area contributed by atoms with Crippen molar-refractivity contribution in [3.05, 3.63) is 64.2 Å². The van der Waals surface area contributed by atoms with Crippen LogP contribution < -0.4 is 9.80 Å². The van der Waals surface area contributed by atoms with Gasteiger partial charge >= 0.3 is 0 Å². The molecule has 1 aliphatic rings. The molecule has 0 N–H and O–H groups in total. The topological polar surface area (TPSA) is 49.6 Å². The number of fused-ring (bicyclic) bond motifs is 1. The van der Waals surface area contributed by atoms with Gasteiger partial charge in [-0.2, -0.15) is 0 Å². The molecule has 23 heavy (non-hydrogen) atoms. The molecule has 0 unspecified atom stereocenters. The lowest BCUT2D eigenvalue weighted by atomic mass is 9.98. The predicted molar refractivity (Wildman–Crippen MR) is 92.9 cm³/mol. The molecule has 0 spiro atoms. The minimum Gasteiger partial charge on any atom is -0.344 e. The van der Waals surface area contributed by atoms with Gasteiger partial charge in [-0.15, -0.1) is 0 Å². The largest absolute Gasteiger partial charge is 0.344 e. The minimum absolute atomic E-state index is 0.135. The fourth-order valence-corrected chi connectivity index (χ4v) is 3.71. The van der Waals surface area contributed by atoms with Gasteiger partial charge in [-0.1, -0.05) is 30.3 Å². The monoisotopic (exact) mass is 311 g/mol. The van der Waals surface area contributed by atoms with Gasteiger partial charge in [0.05, 0.1) is 16.3 Å². The minimum atomic E-state index is -0.345. The Labute approximate surface area is 136 Å². The van der Waals surface area contributed by atoms with Crippen LogP contribution in [0.3, 0.4) is 0 Å². The Morgan fingerprint density at radius 1 is 1.00 bits per heavy atom. The first-order chi connectivity index (χ1) is 11.0. The van der Waals surface area contributed by atoms with Crippen LogP contribution in [-0.4, -0.2) is 18.0 Å². The predicted octanol–water partition coefficient (Wildman–Crippen LogP) is 4.13. The Morgan fingerprint density at radius 2 is 1.61 bits per heavy atom. The number of benzene rings is 2. The summed E-state index contributed by atoms with van der Waals surface area (Å²) in [7, 11) is 0. The molecule has 0 bridgehead atoms. The molecule has 2 aromatic rings. The van der Waals surface area contributed by atoms with Crippen molar-refractivity contribution in [3.8, 4) is 0 Å². The van der Waals surface area contributed by atoms with E-state index in [2.05, 4.69) is 42.7 Å². The molecule has 0 amide bonds. The van der Waals surface area contributed by atoms with Crippen molar-refractivity contribution in [1.82, 2.24) is 0 Å². The average Bonchev–Trinajstić information content (AvgIpc) is 2.82. The molecule has 0 saturated heterocycles. The molecule has 0 aromatic heterocycles. The van der Waals surface area contributed by atoms with Gasteiger partial charge in [-0.3, -0.25) is 10.1 Å². The van der Waals surface area contributed by atoms with Crippen molar-refractivity contribution in [2.45, 2.75) is 26.4 Å². The highest BCUT2D eigenvalue weighted by Crippen LogP contribution is 2.50. The van der Waals surface area contributed by atoms with Crippen LogP contribution in [0.15, 0.2) is 48.5 Å². The van der Waals surface area contributed by atoms with E-state index >= 15 is 0 Å². The Bertz CT molecular complexity index is 732. The number of nitro benzene ring substituents is 1. The van der Waals surface area contributed by atoms with E-state index in [9.17, 15) is 10.1 Å². The SMILES string of the molecule is CCN1c2ccc([N+](=O)[O-])cc2N(CC)[C@]1(C)c1ccccc1. The van der Waals surface area contributed by atoms with Crippen molar-refractivity contribution in [1.29, 1.82) is 0 Å². The molecule has 0 fully saturated rings. The fourth-order valence-electron chi connectivity index (χ4n) is 3.71. The summed E-state index contributed by atoms with van der Waals surface area (Å²) in [5.74, 6) is 0. The van der Waals surface area contributed by atoms with E-state index in [1.54, 1.807) is 12.1 Å². The van der Waals surface area contributed by atoms with Crippen LogP contribution in [0.25, 0.3) is 0 Å². The maximum atomic E-state index is 11.2. The Kier molecular flexibility index (Phi) is 3.72. The van der Waals surface area contributed by atoms with Crippen LogP contribution in [-0.2, 0) is 5.66 Å². The number of anilines is 2. The molecule has 120 valence electrons. The van der Waals surface area contributed by atoms with Crippen molar-refractivity contribution in [3.63, 3.8) is 0 Å². The van der Waals surface area contributed by atoms with Gasteiger partial charge < -0.3 is 9.80 Å². The molecule has 1 heterocycles. The first-order valence-corrected chi connectivity index (χ1v) is 7.93. The summed E-state index contributed by atoms with van der Waals surface area (Å²) in [5.41, 5.74) is 2.95. The van der Waals surface area contributed by atoms with E-state index in [1.807, 2.05) is 24.3 Å². The maximum absolute atomic E-state index is 11.2. The molecule has 1 atom stereocenters. The third kappa shape index (κ3) is 2.15. The van der Waals surface area contributed by atoms with Gasteiger partial charge in [0.1, 0.15) is 5.66 Å². The summed E-state index contributed by atoms with van der Waals surface area (Å²) in [6.07, 6.45) is 0. The summed E-state index contributed by atoms with van der Waals surface area (Å²) in [4.78, 5) is 15.4. The second kappa shape index (κ2) is 5.57. The summed E-state index contributed by atoms with van der Waals surface area (Å²) in [6, 6.07) is 15.5. The second-order valence-corrected chi connectivity index (χ2v) is 5.81. The molecule has 5 heteroatoms. The fraction of sp³-hybridized carbons (Fsp3) is 0.333. The van der Waals surface area contributed by atoms with E-state index in [1.165, 1.54) is 5.56 Å².